The van der Waals surface area contributed by atoms with Crippen LogP contribution in [-0.2, 0) is 11.8 Å². The van der Waals surface area contributed by atoms with Gasteiger partial charge in [-0.25, -0.2) is 0 Å². The molecule has 1 aromatic rings. The number of carbonyl (C=O) groups excluding carboxylic acids is 1. The van der Waals surface area contributed by atoms with Crippen molar-refractivity contribution in [2.75, 3.05) is 26.7 Å². The highest BCUT2D eigenvalue weighted by Crippen LogP contribution is 2.15. The summed E-state index contributed by atoms with van der Waals surface area (Å²) in [5.74, 6) is 0.0871. The van der Waals surface area contributed by atoms with E-state index < -0.39 is 0 Å². The lowest BCUT2D eigenvalue weighted by atomic mass is 10.1. The molecule has 2 heterocycles. The van der Waals surface area contributed by atoms with Gasteiger partial charge < -0.3 is 10.6 Å². The van der Waals surface area contributed by atoms with Gasteiger partial charge in [-0.15, -0.1) is 0 Å². The van der Waals surface area contributed by atoms with Crippen molar-refractivity contribution >= 4 is 5.91 Å². The maximum absolute atomic E-state index is 12.3. The molecule has 6 heteroatoms. The number of hydrogen-bond donors (Lipinski definition) is 2. The van der Waals surface area contributed by atoms with Crippen LogP contribution >= 0.6 is 0 Å². The lowest BCUT2D eigenvalue weighted by Crippen LogP contribution is -2.45. The average molecular weight is 293 g/mol. The molecule has 2 N–H and O–H groups in total. The Labute approximate surface area is 126 Å². The molecule has 1 aliphatic rings. The van der Waals surface area contributed by atoms with Crippen molar-refractivity contribution in [1.82, 2.24) is 25.3 Å². The highest BCUT2D eigenvalue weighted by molar-refractivity contribution is 5.78. The molecular weight excluding hydrogens is 266 g/mol. The van der Waals surface area contributed by atoms with Crippen LogP contribution in [0, 0.1) is 0 Å². The van der Waals surface area contributed by atoms with Crippen molar-refractivity contribution in [3.8, 4) is 0 Å². The molecule has 1 fully saturated rings. The number of piperidine rings is 1. The van der Waals surface area contributed by atoms with Gasteiger partial charge in [-0.2, -0.15) is 5.10 Å². The Morgan fingerprint density at radius 1 is 1.57 bits per heavy atom. The molecule has 0 bridgehead atoms. The minimum absolute atomic E-state index is 0.0337. The largest absolute Gasteiger partial charge is 0.347 e. The number of likely N-dealkylation sites (N-methyl/N-ethyl adjacent to an activating group) is 1. The number of aromatic nitrogens is 2. The van der Waals surface area contributed by atoms with Crippen molar-refractivity contribution in [1.29, 1.82) is 0 Å². The molecule has 0 spiro atoms. The van der Waals surface area contributed by atoms with Crippen molar-refractivity contribution in [2.45, 2.75) is 38.3 Å². The van der Waals surface area contributed by atoms with Crippen LogP contribution in [0.4, 0.5) is 0 Å². The maximum Gasteiger partial charge on any atom is 0.234 e. The number of rotatable bonds is 6. The van der Waals surface area contributed by atoms with E-state index in [1.807, 2.05) is 24.8 Å². The Bertz CT molecular complexity index is 453. The van der Waals surface area contributed by atoms with Gasteiger partial charge in [0.25, 0.3) is 0 Å². The molecule has 1 amide bonds. The van der Waals surface area contributed by atoms with Crippen LogP contribution in [0.1, 0.15) is 37.9 Å². The summed E-state index contributed by atoms with van der Waals surface area (Å²) in [5.41, 5.74) is 1.05. The average Bonchev–Trinajstić information content (AvgIpc) is 2.91. The summed E-state index contributed by atoms with van der Waals surface area (Å²) >= 11 is 0. The van der Waals surface area contributed by atoms with Crippen LogP contribution in [0.2, 0.25) is 0 Å². The van der Waals surface area contributed by atoms with E-state index in [-0.39, 0.29) is 11.9 Å². The van der Waals surface area contributed by atoms with E-state index in [4.69, 9.17) is 0 Å². The molecule has 21 heavy (non-hydrogen) atoms. The van der Waals surface area contributed by atoms with Crippen LogP contribution in [0.25, 0.3) is 0 Å². The fourth-order valence-electron chi connectivity index (χ4n) is 2.95. The van der Waals surface area contributed by atoms with Crippen molar-refractivity contribution in [3.63, 3.8) is 0 Å². The Morgan fingerprint density at radius 3 is 2.86 bits per heavy atom. The first kappa shape index (κ1) is 16.0. The lowest BCUT2D eigenvalue weighted by Gasteiger charge is -2.31. The number of carbonyl (C=O) groups is 1. The van der Waals surface area contributed by atoms with Gasteiger partial charge in [0.15, 0.2) is 0 Å². The second kappa shape index (κ2) is 7.56. The Kier molecular flexibility index (Phi) is 5.76. The van der Waals surface area contributed by atoms with Gasteiger partial charge in [-0.1, -0.05) is 6.92 Å². The third-order valence-electron chi connectivity index (χ3n) is 4.28. The smallest absolute Gasteiger partial charge is 0.234 e. The van der Waals surface area contributed by atoms with Crippen LogP contribution < -0.4 is 10.6 Å². The molecule has 0 saturated carbocycles. The summed E-state index contributed by atoms with van der Waals surface area (Å²) in [4.78, 5) is 14.4. The summed E-state index contributed by atoms with van der Waals surface area (Å²) in [6.45, 7) is 4.62. The molecule has 0 aliphatic carbocycles. The monoisotopic (exact) mass is 293 g/mol. The van der Waals surface area contributed by atoms with E-state index in [1.54, 1.807) is 6.20 Å². The van der Waals surface area contributed by atoms with Crippen LogP contribution in [0.3, 0.4) is 0 Å². The molecule has 0 radical (unpaired) electrons. The predicted molar refractivity (Wildman–Crippen MR) is 82.9 cm³/mol. The molecule has 1 aromatic heterocycles. The van der Waals surface area contributed by atoms with E-state index in [0.29, 0.717) is 12.6 Å². The standard InChI is InChI=1S/C15H27N5O/c1-4-13(14-7-10-17-20(14)3)18-15(21)11-19(2)12-5-8-16-9-6-12/h7,10,12-13,16H,4-6,8-9,11H2,1-3H3,(H,18,21)/t13-/m0/s1. The van der Waals surface area contributed by atoms with E-state index in [0.717, 1.165) is 38.0 Å². The number of nitrogens with zero attached hydrogens (tertiary/aromatic N) is 3. The minimum atomic E-state index is 0.0337. The normalized spacial score (nSPS) is 17.9. The summed E-state index contributed by atoms with van der Waals surface area (Å²) in [6.07, 6.45) is 4.86. The summed E-state index contributed by atoms with van der Waals surface area (Å²) < 4.78 is 1.82. The van der Waals surface area contributed by atoms with Gasteiger partial charge in [0.1, 0.15) is 0 Å². The van der Waals surface area contributed by atoms with Gasteiger partial charge in [0.2, 0.25) is 5.91 Å². The zero-order valence-electron chi connectivity index (χ0n) is 13.3. The van der Waals surface area contributed by atoms with Crippen molar-refractivity contribution in [2.24, 2.45) is 7.05 Å². The van der Waals surface area contributed by atoms with Crippen LogP contribution in [-0.4, -0.2) is 53.3 Å². The quantitative estimate of drug-likeness (QED) is 0.809. The molecular formula is C15H27N5O. The molecule has 0 aromatic carbocycles. The first-order chi connectivity index (χ1) is 10.1. The van der Waals surface area contributed by atoms with E-state index >= 15 is 0 Å². The van der Waals surface area contributed by atoms with Crippen molar-refractivity contribution < 1.29 is 4.79 Å². The topological polar surface area (TPSA) is 62.2 Å². The molecule has 1 saturated heterocycles. The molecule has 2 rings (SSSR count). The van der Waals surface area contributed by atoms with Gasteiger partial charge in [0.05, 0.1) is 18.3 Å². The first-order valence-electron chi connectivity index (χ1n) is 7.80. The van der Waals surface area contributed by atoms with Gasteiger partial charge in [-0.3, -0.25) is 14.4 Å². The van der Waals surface area contributed by atoms with Gasteiger partial charge >= 0.3 is 0 Å². The highest BCUT2D eigenvalue weighted by Gasteiger charge is 2.21. The predicted octanol–water partition coefficient (Wildman–Crippen LogP) is 0.671. The molecule has 0 unspecified atom stereocenters. The highest BCUT2D eigenvalue weighted by atomic mass is 16.2. The summed E-state index contributed by atoms with van der Waals surface area (Å²) in [7, 11) is 3.95. The zero-order chi connectivity index (χ0) is 15.2. The zero-order valence-corrected chi connectivity index (χ0v) is 13.3. The van der Waals surface area contributed by atoms with Crippen molar-refractivity contribution in [3.05, 3.63) is 18.0 Å². The second-order valence-electron chi connectivity index (χ2n) is 5.80. The summed E-state index contributed by atoms with van der Waals surface area (Å²) in [5, 5.41) is 10.7. The number of aryl methyl sites for hydroxylation is 1. The third-order valence-corrected chi connectivity index (χ3v) is 4.28. The minimum Gasteiger partial charge on any atom is -0.347 e. The van der Waals surface area contributed by atoms with E-state index in [1.165, 1.54) is 0 Å². The van der Waals surface area contributed by atoms with Crippen LogP contribution in [0.5, 0.6) is 0 Å². The van der Waals surface area contributed by atoms with Gasteiger partial charge in [-0.05, 0) is 45.5 Å². The van der Waals surface area contributed by atoms with E-state index in [2.05, 4.69) is 27.6 Å². The number of amides is 1. The lowest BCUT2D eigenvalue weighted by molar-refractivity contribution is -0.123. The molecule has 1 aliphatic heterocycles. The SMILES string of the molecule is CC[C@H](NC(=O)CN(C)C1CCNCC1)c1ccnn1C. The molecule has 118 valence electrons. The number of hydrogen-bond acceptors (Lipinski definition) is 4. The molecule has 6 nitrogen and oxygen atoms in total. The Hall–Kier alpha value is -1.40. The maximum atomic E-state index is 12.3. The van der Waals surface area contributed by atoms with E-state index in [9.17, 15) is 4.79 Å². The fourth-order valence-corrected chi connectivity index (χ4v) is 2.95. The second-order valence-corrected chi connectivity index (χ2v) is 5.80. The third kappa shape index (κ3) is 4.28. The van der Waals surface area contributed by atoms with Gasteiger partial charge in [0, 0.05) is 19.3 Å². The molecule has 1 atom stereocenters. The fraction of sp³-hybridized carbons (Fsp3) is 0.733. The number of nitrogens with one attached hydrogen (secondary N) is 2. The first-order valence-corrected chi connectivity index (χ1v) is 7.80. The Balaban J connectivity index is 1.86. The summed E-state index contributed by atoms with van der Waals surface area (Å²) in [6, 6.07) is 2.51. The Morgan fingerprint density at radius 2 is 2.29 bits per heavy atom. The van der Waals surface area contributed by atoms with Crippen LogP contribution in [0.15, 0.2) is 12.3 Å².